The Balaban J connectivity index is 1.31. The van der Waals surface area contributed by atoms with E-state index in [2.05, 4.69) is 32.5 Å². The molecule has 2 heterocycles. The highest BCUT2D eigenvalue weighted by atomic mass is 19.4. The van der Waals surface area contributed by atoms with Crippen LogP contribution in [0.15, 0.2) is 60.7 Å². The number of nitrogens with zero attached hydrogens (tertiary/aromatic N) is 3. The van der Waals surface area contributed by atoms with Crippen LogP contribution in [0.5, 0.6) is 23.4 Å². The van der Waals surface area contributed by atoms with E-state index in [9.17, 15) is 18.0 Å². The molecular weight excluding hydrogens is 575 g/mol. The predicted molar refractivity (Wildman–Crippen MR) is 162 cm³/mol. The molecule has 1 aliphatic heterocycles. The monoisotopic (exact) mass is 609 g/mol. The summed E-state index contributed by atoms with van der Waals surface area (Å²) in [6.07, 6.45) is -3.39. The molecule has 0 spiro atoms. The summed E-state index contributed by atoms with van der Waals surface area (Å²) < 4.78 is 56.1. The number of hydrogen-bond donors (Lipinski definition) is 2. The molecule has 9 nitrogen and oxygen atoms in total. The van der Waals surface area contributed by atoms with Crippen LogP contribution in [0.25, 0.3) is 10.8 Å². The maximum Gasteiger partial charge on any atom is 0.393 e. The number of urea groups is 1. The zero-order chi connectivity index (χ0) is 31.3. The molecule has 0 unspecified atom stereocenters. The number of carbonyl (C=O) groups is 1. The van der Waals surface area contributed by atoms with Gasteiger partial charge >= 0.3 is 18.2 Å². The van der Waals surface area contributed by atoms with Gasteiger partial charge in [0.05, 0.1) is 31.5 Å². The number of piperidine rings is 1. The topological polar surface area (TPSA) is 97.8 Å². The average molecular weight is 610 g/mol. The third-order valence-corrected chi connectivity index (χ3v) is 7.36. The number of carbonyl (C=O) groups excluding carboxylic acids is 1. The fourth-order valence-electron chi connectivity index (χ4n) is 5.10. The van der Waals surface area contributed by atoms with Crippen molar-refractivity contribution in [2.24, 2.45) is 5.92 Å². The summed E-state index contributed by atoms with van der Waals surface area (Å²) in [4.78, 5) is 24.2. The SMILES string of the molecule is COc1ccc(CC(F)(F)F)cc1NC(=O)Nc1ccc(Oc2cc(C)nc(OCC3CCN(C)CC3)n2)c2ccccc12. The van der Waals surface area contributed by atoms with E-state index in [4.69, 9.17) is 14.2 Å². The number of alkyl halides is 3. The summed E-state index contributed by atoms with van der Waals surface area (Å²) in [6, 6.07) is 16.0. The van der Waals surface area contributed by atoms with Crippen molar-refractivity contribution in [2.75, 3.05) is 44.5 Å². The number of hydrogen-bond acceptors (Lipinski definition) is 7. The molecule has 44 heavy (non-hydrogen) atoms. The number of likely N-dealkylation sites (tertiary alicyclic amines) is 1. The Hall–Kier alpha value is -4.58. The third kappa shape index (κ3) is 8.07. The zero-order valence-electron chi connectivity index (χ0n) is 24.7. The molecule has 0 bridgehead atoms. The molecule has 1 saturated heterocycles. The highest BCUT2D eigenvalue weighted by molar-refractivity contribution is 6.08. The van der Waals surface area contributed by atoms with Crippen molar-refractivity contribution in [3.63, 3.8) is 0 Å². The third-order valence-electron chi connectivity index (χ3n) is 7.36. The van der Waals surface area contributed by atoms with Gasteiger partial charge in [-0.1, -0.05) is 30.3 Å². The normalized spacial score (nSPS) is 14.3. The minimum Gasteiger partial charge on any atom is -0.495 e. The minimum absolute atomic E-state index is 0.00381. The Morgan fingerprint density at radius 1 is 0.955 bits per heavy atom. The predicted octanol–water partition coefficient (Wildman–Crippen LogP) is 7.21. The number of fused-ring (bicyclic) bond motifs is 1. The van der Waals surface area contributed by atoms with Gasteiger partial charge in [0.15, 0.2) is 0 Å². The Bertz CT molecular complexity index is 1620. The maximum absolute atomic E-state index is 13.0. The quantitative estimate of drug-likeness (QED) is 0.207. The molecule has 2 N–H and O–H groups in total. The number of aryl methyl sites for hydroxylation is 1. The van der Waals surface area contributed by atoms with Gasteiger partial charge in [-0.3, -0.25) is 0 Å². The van der Waals surface area contributed by atoms with Gasteiger partial charge < -0.3 is 29.7 Å². The second kappa shape index (κ2) is 13.4. The van der Waals surface area contributed by atoms with Gasteiger partial charge in [0.25, 0.3) is 0 Å². The second-order valence-electron chi connectivity index (χ2n) is 10.9. The van der Waals surface area contributed by atoms with Crippen LogP contribution < -0.4 is 24.8 Å². The fraction of sp³-hybridized carbons (Fsp3) is 0.344. The van der Waals surface area contributed by atoms with Crippen LogP contribution in [0.1, 0.15) is 24.1 Å². The van der Waals surface area contributed by atoms with Crippen LogP contribution >= 0.6 is 0 Å². The number of halogens is 3. The maximum atomic E-state index is 13.0. The van der Waals surface area contributed by atoms with Crippen molar-refractivity contribution in [1.82, 2.24) is 14.9 Å². The first-order chi connectivity index (χ1) is 21.1. The summed E-state index contributed by atoms with van der Waals surface area (Å²) >= 11 is 0. The van der Waals surface area contributed by atoms with Crippen molar-refractivity contribution in [1.29, 1.82) is 0 Å². The van der Waals surface area contributed by atoms with E-state index in [1.54, 1.807) is 18.2 Å². The van der Waals surface area contributed by atoms with Gasteiger partial charge in [-0.15, -0.1) is 0 Å². The van der Waals surface area contributed by atoms with Gasteiger partial charge in [-0.25, -0.2) is 9.78 Å². The van der Waals surface area contributed by atoms with Crippen LogP contribution in [0, 0.1) is 12.8 Å². The number of benzene rings is 3. The molecule has 0 aliphatic carbocycles. The molecule has 0 atom stereocenters. The zero-order valence-corrected chi connectivity index (χ0v) is 24.7. The summed E-state index contributed by atoms with van der Waals surface area (Å²) in [5.41, 5.74) is 1.28. The largest absolute Gasteiger partial charge is 0.495 e. The first-order valence-corrected chi connectivity index (χ1v) is 14.2. The molecule has 1 aromatic heterocycles. The van der Waals surface area contributed by atoms with E-state index in [0.717, 1.165) is 25.9 Å². The van der Waals surface area contributed by atoms with E-state index < -0.39 is 18.6 Å². The van der Waals surface area contributed by atoms with Crippen molar-refractivity contribution in [3.8, 4) is 23.4 Å². The molecular formula is C32H34F3N5O4. The van der Waals surface area contributed by atoms with E-state index in [1.807, 2.05) is 31.2 Å². The summed E-state index contributed by atoms with van der Waals surface area (Å²) in [7, 11) is 3.49. The first-order valence-electron chi connectivity index (χ1n) is 14.2. The lowest BCUT2D eigenvalue weighted by Gasteiger charge is -2.28. The summed E-state index contributed by atoms with van der Waals surface area (Å²) in [6.45, 7) is 4.47. The molecule has 1 aliphatic rings. The Kier molecular flexibility index (Phi) is 9.38. The molecule has 12 heteroatoms. The molecule has 2 amide bonds. The number of nitrogens with one attached hydrogen (secondary N) is 2. The second-order valence-corrected chi connectivity index (χ2v) is 10.9. The lowest BCUT2D eigenvalue weighted by Crippen LogP contribution is -2.32. The highest BCUT2D eigenvalue weighted by Gasteiger charge is 2.28. The molecule has 232 valence electrons. The number of methoxy groups -OCH3 is 1. The van der Waals surface area contributed by atoms with Crippen LogP contribution in [-0.4, -0.2) is 60.9 Å². The summed E-state index contributed by atoms with van der Waals surface area (Å²) in [5.74, 6) is 1.51. The van der Waals surface area contributed by atoms with Gasteiger partial charge in [0.2, 0.25) is 5.88 Å². The number of amides is 2. The van der Waals surface area contributed by atoms with Crippen molar-refractivity contribution >= 4 is 28.2 Å². The molecule has 4 aromatic rings. The Morgan fingerprint density at radius 3 is 2.39 bits per heavy atom. The van der Waals surface area contributed by atoms with Crippen molar-refractivity contribution in [2.45, 2.75) is 32.4 Å². The molecule has 0 saturated carbocycles. The Labute approximate surface area is 253 Å². The molecule has 0 radical (unpaired) electrons. The summed E-state index contributed by atoms with van der Waals surface area (Å²) in [5, 5.41) is 6.77. The van der Waals surface area contributed by atoms with E-state index >= 15 is 0 Å². The van der Waals surface area contributed by atoms with Crippen molar-refractivity contribution < 1.29 is 32.2 Å². The first kappa shape index (κ1) is 30.9. The van der Waals surface area contributed by atoms with E-state index in [1.165, 1.54) is 25.3 Å². The van der Waals surface area contributed by atoms with Gasteiger partial charge in [0.1, 0.15) is 11.5 Å². The molecule has 3 aromatic carbocycles. The number of anilines is 2. The molecule has 5 rings (SSSR count). The number of ether oxygens (including phenoxy) is 3. The smallest absolute Gasteiger partial charge is 0.393 e. The fourth-order valence-corrected chi connectivity index (χ4v) is 5.10. The average Bonchev–Trinajstić information content (AvgIpc) is 2.97. The van der Waals surface area contributed by atoms with Crippen LogP contribution in [0.2, 0.25) is 0 Å². The van der Waals surface area contributed by atoms with Crippen LogP contribution in [0.3, 0.4) is 0 Å². The van der Waals surface area contributed by atoms with Crippen molar-refractivity contribution in [3.05, 3.63) is 71.9 Å². The molecule has 1 fully saturated rings. The minimum atomic E-state index is -4.39. The Morgan fingerprint density at radius 2 is 1.66 bits per heavy atom. The van der Waals surface area contributed by atoms with Gasteiger partial charge in [0, 0.05) is 22.5 Å². The standard InChI is InChI=1S/C32H34F3N5O4/c1-20-16-29(39-31(36-20)43-19-21-12-14-40(2)15-13-21)44-27-11-9-25(23-6-4-5-7-24(23)27)37-30(41)38-26-17-22(18-32(33,34)35)8-10-28(26)42-3/h4-11,16-17,21H,12-15,18-19H2,1-3H3,(H2,37,38,41). The van der Waals surface area contributed by atoms with Gasteiger partial charge in [-0.2, -0.15) is 18.2 Å². The lowest BCUT2D eigenvalue weighted by molar-refractivity contribution is -0.127. The number of rotatable bonds is 9. The van der Waals surface area contributed by atoms with Crippen LogP contribution in [-0.2, 0) is 6.42 Å². The van der Waals surface area contributed by atoms with E-state index in [-0.39, 0.29) is 23.0 Å². The van der Waals surface area contributed by atoms with Gasteiger partial charge in [-0.05, 0) is 75.6 Å². The lowest BCUT2D eigenvalue weighted by atomic mass is 9.98. The van der Waals surface area contributed by atoms with Crippen LogP contribution in [0.4, 0.5) is 29.3 Å². The highest BCUT2D eigenvalue weighted by Crippen LogP contribution is 2.35. The van der Waals surface area contributed by atoms with E-state index in [0.29, 0.717) is 46.3 Å². The number of aromatic nitrogens is 2.